The van der Waals surface area contributed by atoms with E-state index in [-0.39, 0.29) is 25.0 Å². The van der Waals surface area contributed by atoms with Gasteiger partial charge in [0.15, 0.2) is 23.0 Å². The SMILES string of the molecule is CCCCC[C@H]1CC[C@H](C2([C@@]3(F)C=C[C@@H](COC[C@@H]4C=C[C@](F)(C5([C@H]6CC[C@H](CCCCC)CC6)CCCCC5)C(F)=C4F)C(F)=C3F)CCCCC2)CC1. The van der Waals surface area contributed by atoms with Crippen molar-refractivity contribution < 1.29 is 31.1 Å². The monoisotopic (exact) mass is 779 g/mol. The molecule has 0 spiro atoms. The lowest BCUT2D eigenvalue weighted by atomic mass is 9.53. The molecular weight excluding hydrogens is 707 g/mol. The van der Waals surface area contributed by atoms with Crippen molar-refractivity contribution in [3.8, 4) is 0 Å². The van der Waals surface area contributed by atoms with Gasteiger partial charge < -0.3 is 4.74 Å². The van der Waals surface area contributed by atoms with Gasteiger partial charge in [0.25, 0.3) is 0 Å². The Morgan fingerprint density at radius 1 is 0.527 bits per heavy atom. The van der Waals surface area contributed by atoms with Crippen LogP contribution in [-0.2, 0) is 4.74 Å². The molecule has 6 aliphatic carbocycles. The van der Waals surface area contributed by atoms with E-state index in [0.29, 0.717) is 37.5 Å². The highest BCUT2D eigenvalue weighted by atomic mass is 19.2. The van der Waals surface area contributed by atoms with Crippen molar-refractivity contribution in [2.45, 2.75) is 192 Å². The minimum absolute atomic E-state index is 0.0000703. The molecule has 6 rings (SSSR count). The number of rotatable bonds is 16. The van der Waals surface area contributed by atoms with Crippen LogP contribution in [0.5, 0.6) is 0 Å². The molecule has 0 amide bonds. The van der Waals surface area contributed by atoms with Gasteiger partial charge in [-0.15, -0.1) is 0 Å². The first kappa shape index (κ1) is 43.1. The topological polar surface area (TPSA) is 9.23 Å². The molecule has 55 heavy (non-hydrogen) atoms. The first-order chi connectivity index (χ1) is 26.5. The van der Waals surface area contributed by atoms with E-state index in [1.54, 1.807) is 0 Å². The third kappa shape index (κ3) is 8.64. The number of unbranched alkanes of at least 4 members (excludes halogenated alkanes) is 4. The van der Waals surface area contributed by atoms with Gasteiger partial charge in [-0.3, -0.25) is 0 Å². The normalized spacial score (nSPS) is 36.7. The molecule has 4 atom stereocenters. The molecule has 0 aromatic carbocycles. The maximum atomic E-state index is 17.3. The lowest BCUT2D eigenvalue weighted by molar-refractivity contribution is -0.0619. The van der Waals surface area contributed by atoms with Crippen LogP contribution in [0.1, 0.15) is 181 Å². The molecule has 0 unspecified atom stereocenters. The Labute approximate surface area is 329 Å². The van der Waals surface area contributed by atoms with Gasteiger partial charge in [-0.2, -0.15) is 0 Å². The van der Waals surface area contributed by atoms with Crippen molar-refractivity contribution in [2.75, 3.05) is 13.2 Å². The highest BCUT2D eigenvalue weighted by Gasteiger charge is 2.61. The van der Waals surface area contributed by atoms with Gasteiger partial charge >= 0.3 is 0 Å². The van der Waals surface area contributed by atoms with Crippen molar-refractivity contribution in [3.05, 3.63) is 47.6 Å². The number of hydrogen-bond acceptors (Lipinski definition) is 1. The molecule has 4 fully saturated rings. The average molecular weight is 779 g/mol. The van der Waals surface area contributed by atoms with E-state index >= 15 is 26.3 Å². The Hall–Kier alpha value is -1.50. The molecule has 4 saturated carbocycles. The second-order valence-corrected chi connectivity index (χ2v) is 19.1. The van der Waals surface area contributed by atoms with Crippen molar-refractivity contribution in [1.29, 1.82) is 0 Å². The fraction of sp³-hybridized carbons (Fsp3) is 0.833. The van der Waals surface area contributed by atoms with Crippen LogP contribution in [0.4, 0.5) is 26.3 Å². The fourth-order valence-corrected chi connectivity index (χ4v) is 12.7. The largest absolute Gasteiger partial charge is 0.379 e. The van der Waals surface area contributed by atoms with Gasteiger partial charge in [-0.05, 0) is 87.2 Å². The lowest BCUT2D eigenvalue weighted by Gasteiger charge is -2.53. The van der Waals surface area contributed by atoms with Gasteiger partial charge in [0.05, 0.1) is 25.0 Å². The summed E-state index contributed by atoms with van der Waals surface area (Å²) in [5, 5.41) is 0. The number of allylic oxidation sites excluding steroid dienone is 4. The van der Waals surface area contributed by atoms with Crippen LogP contribution >= 0.6 is 0 Å². The van der Waals surface area contributed by atoms with Crippen LogP contribution in [0.15, 0.2) is 47.6 Å². The predicted octanol–water partition coefficient (Wildman–Crippen LogP) is 15.8. The van der Waals surface area contributed by atoms with Crippen LogP contribution in [0, 0.1) is 46.3 Å². The number of hydrogen-bond donors (Lipinski definition) is 0. The summed E-state index contributed by atoms with van der Waals surface area (Å²) in [5.41, 5.74) is -6.95. The lowest BCUT2D eigenvalue weighted by Crippen LogP contribution is -2.52. The summed E-state index contributed by atoms with van der Waals surface area (Å²) in [7, 11) is 0. The van der Waals surface area contributed by atoms with Crippen LogP contribution < -0.4 is 0 Å². The van der Waals surface area contributed by atoms with E-state index in [4.69, 9.17) is 4.74 Å². The summed E-state index contributed by atoms with van der Waals surface area (Å²) in [6, 6.07) is 0. The molecule has 0 radical (unpaired) electrons. The van der Waals surface area contributed by atoms with Crippen LogP contribution in [-0.4, -0.2) is 24.6 Å². The smallest absolute Gasteiger partial charge is 0.188 e. The molecule has 6 aliphatic rings. The number of halogens is 6. The zero-order valence-corrected chi connectivity index (χ0v) is 34.2. The Bertz CT molecular complexity index is 1250. The Morgan fingerprint density at radius 3 is 1.24 bits per heavy atom. The van der Waals surface area contributed by atoms with E-state index in [2.05, 4.69) is 13.8 Å². The van der Waals surface area contributed by atoms with Crippen molar-refractivity contribution in [1.82, 2.24) is 0 Å². The maximum absolute atomic E-state index is 17.3. The van der Waals surface area contributed by atoms with Crippen molar-refractivity contribution in [3.63, 3.8) is 0 Å². The number of ether oxygens (including phenoxy) is 1. The van der Waals surface area contributed by atoms with E-state index in [1.807, 2.05) is 0 Å². The third-order valence-electron chi connectivity index (χ3n) is 16.0. The van der Waals surface area contributed by atoms with Gasteiger partial charge in [0, 0.05) is 10.8 Å². The van der Waals surface area contributed by atoms with Crippen molar-refractivity contribution in [2.24, 2.45) is 46.3 Å². The third-order valence-corrected chi connectivity index (χ3v) is 16.0. The quantitative estimate of drug-likeness (QED) is 0.0861. The summed E-state index contributed by atoms with van der Waals surface area (Å²) in [4.78, 5) is 0. The zero-order chi connectivity index (χ0) is 39.1. The molecule has 7 heteroatoms. The van der Waals surface area contributed by atoms with Crippen molar-refractivity contribution >= 4 is 0 Å². The van der Waals surface area contributed by atoms with Crippen LogP contribution in [0.3, 0.4) is 0 Å². The molecule has 1 nitrogen and oxygen atoms in total. The first-order valence-corrected chi connectivity index (χ1v) is 23.0. The second-order valence-electron chi connectivity index (χ2n) is 19.1. The summed E-state index contributed by atoms with van der Waals surface area (Å²) in [6.45, 7) is 3.73. The van der Waals surface area contributed by atoms with Crippen LogP contribution in [0.25, 0.3) is 0 Å². The van der Waals surface area contributed by atoms with E-state index < -0.39 is 57.3 Å². The maximum Gasteiger partial charge on any atom is 0.188 e. The van der Waals surface area contributed by atoms with Gasteiger partial charge in [-0.25, -0.2) is 26.3 Å². The molecule has 0 aliphatic heterocycles. The standard InChI is InChI=1S/C48H72F6O/c1-3-5-9-15-35-17-21-39(22-18-35)45(27-11-7-12-28-45)47(53)31-25-37(41(49)43(47)51)33-55-34-38-26-32-48(54,44(52)42(38)50)46(29-13-8-14-30-46)40-23-19-36(20-24-40)16-10-6-4-2/h25-26,31-32,35-40H,3-24,27-30,33-34H2,1-2H3/t35-,36-,37-,38-,39-,40-,47+,48+/m0/s1. The molecule has 0 aromatic rings. The molecule has 0 N–H and O–H groups in total. The molecular formula is C48H72F6O. The van der Waals surface area contributed by atoms with Crippen LogP contribution in [0.2, 0.25) is 0 Å². The Kier molecular flexibility index (Phi) is 14.9. The molecule has 312 valence electrons. The fourth-order valence-electron chi connectivity index (χ4n) is 12.7. The van der Waals surface area contributed by atoms with Gasteiger partial charge in [0.1, 0.15) is 11.7 Å². The minimum atomic E-state index is -2.51. The average Bonchev–Trinajstić information content (AvgIpc) is 3.22. The minimum Gasteiger partial charge on any atom is -0.379 e. The van der Waals surface area contributed by atoms with E-state index in [9.17, 15) is 0 Å². The molecule has 0 aromatic heterocycles. The van der Waals surface area contributed by atoms with Gasteiger partial charge in [0.2, 0.25) is 0 Å². The summed E-state index contributed by atoms with van der Waals surface area (Å²) in [5.74, 6) is -6.05. The molecule has 0 bridgehead atoms. The summed E-state index contributed by atoms with van der Waals surface area (Å²) < 4.78 is 105. The Morgan fingerprint density at radius 2 is 0.891 bits per heavy atom. The molecule has 0 saturated heterocycles. The number of alkyl halides is 2. The van der Waals surface area contributed by atoms with Gasteiger partial charge in [-0.1, -0.05) is 142 Å². The summed E-state index contributed by atoms with van der Waals surface area (Å²) in [6.07, 6.45) is 29.8. The predicted molar refractivity (Wildman–Crippen MR) is 212 cm³/mol. The second kappa shape index (κ2) is 19.0. The highest BCUT2D eigenvalue weighted by molar-refractivity contribution is 5.37. The first-order valence-electron chi connectivity index (χ1n) is 23.0. The van der Waals surface area contributed by atoms with E-state index in [0.717, 1.165) is 89.9 Å². The summed E-state index contributed by atoms with van der Waals surface area (Å²) >= 11 is 0. The van der Waals surface area contributed by atoms with E-state index in [1.165, 1.54) is 75.7 Å². The Balaban J connectivity index is 1.09. The molecule has 0 heterocycles. The highest BCUT2D eigenvalue weighted by Crippen LogP contribution is 2.63. The zero-order valence-electron chi connectivity index (χ0n) is 34.2.